The molecule has 0 heterocycles. The van der Waals surface area contributed by atoms with E-state index in [4.69, 9.17) is 0 Å². The number of hydrogen-bond acceptors (Lipinski definition) is 2. The van der Waals surface area contributed by atoms with Crippen LogP contribution in [-0.2, 0) is 9.59 Å². The molecule has 116 valence electrons. The second kappa shape index (κ2) is 9.78. The first-order valence-corrected chi connectivity index (χ1v) is 8.18. The van der Waals surface area contributed by atoms with Gasteiger partial charge in [-0.3, -0.25) is 9.59 Å². The minimum atomic E-state index is 0.0733. The summed E-state index contributed by atoms with van der Waals surface area (Å²) in [6, 6.07) is 0. The van der Waals surface area contributed by atoms with Gasteiger partial charge in [-0.15, -0.1) is 0 Å². The lowest BCUT2D eigenvalue weighted by molar-refractivity contribution is -0.130. The summed E-state index contributed by atoms with van der Waals surface area (Å²) in [5.74, 6) is 0.441. The Morgan fingerprint density at radius 3 is 2.10 bits per heavy atom. The van der Waals surface area contributed by atoms with Crippen LogP contribution in [0.15, 0.2) is 0 Å². The van der Waals surface area contributed by atoms with E-state index >= 15 is 0 Å². The Hall–Kier alpha value is -1.06. The van der Waals surface area contributed by atoms with Gasteiger partial charge in [0.05, 0.1) is 0 Å². The number of nitrogens with zero attached hydrogens (tertiary/aromatic N) is 1. The van der Waals surface area contributed by atoms with Gasteiger partial charge in [-0.1, -0.05) is 38.5 Å². The van der Waals surface area contributed by atoms with Crippen LogP contribution in [0, 0.1) is 5.92 Å². The molecule has 1 aliphatic carbocycles. The van der Waals surface area contributed by atoms with Crippen molar-refractivity contribution >= 4 is 11.8 Å². The Balaban J connectivity index is 2.30. The molecule has 0 unspecified atom stereocenters. The lowest BCUT2D eigenvalue weighted by atomic mass is 9.96. The summed E-state index contributed by atoms with van der Waals surface area (Å²) in [7, 11) is 0. The van der Waals surface area contributed by atoms with Crippen molar-refractivity contribution < 1.29 is 9.59 Å². The lowest BCUT2D eigenvalue weighted by Crippen LogP contribution is -2.39. The van der Waals surface area contributed by atoms with Crippen molar-refractivity contribution in [1.29, 1.82) is 0 Å². The monoisotopic (exact) mass is 282 g/mol. The normalized spacial score (nSPS) is 17.7. The molecular weight excluding hydrogens is 252 g/mol. The van der Waals surface area contributed by atoms with Crippen molar-refractivity contribution in [2.24, 2.45) is 5.92 Å². The van der Waals surface area contributed by atoms with E-state index in [0.29, 0.717) is 19.6 Å². The van der Waals surface area contributed by atoms with E-state index < -0.39 is 0 Å². The summed E-state index contributed by atoms with van der Waals surface area (Å²) in [6.45, 7) is 5.42. The maximum absolute atomic E-state index is 12.2. The van der Waals surface area contributed by atoms with E-state index in [9.17, 15) is 9.59 Å². The number of amides is 2. The van der Waals surface area contributed by atoms with Crippen LogP contribution >= 0.6 is 0 Å². The van der Waals surface area contributed by atoms with Crippen LogP contribution in [0.25, 0.3) is 0 Å². The highest BCUT2D eigenvalue weighted by atomic mass is 16.2. The van der Waals surface area contributed by atoms with Crippen LogP contribution in [0.5, 0.6) is 0 Å². The zero-order chi connectivity index (χ0) is 14.8. The number of carbonyl (C=O) groups excluding carboxylic acids is 2. The van der Waals surface area contributed by atoms with E-state index in [-0.39, 0.29) is 17.7 Å². The average molecular weight is 282 g/mol. The van der Waals surface area contributed by atoms with Gasteiger partial charge in [0.15, 0.2) is 0 Å². The predicted octanol–water partition coefficient (Wildman–Crippen LogP) is 2.72. The van der Waals surface area contributed by atoms with Crippen LogP contribution in [-0.4, -0.2) is 36.3 Å². The third-order valence-electron chi connectivity index (χ3n) is 4.23. The third-order valence-corrected chi connectivity index (χ3v) is 4.23. The summed E-state index contributed by atoms with van der Waals surface area (Å²) in [4.78, 5) is 25.2. The minimum absolute atomic E-state index is 0.0733. The van der Waals surface area contributed by atoms with Crippen molar-refractivity contribution in [2.75, 3.05) is 19.6 Å². The number of carbonyl (C=O) groups is 2. The molecule has 1 aliphatic rings. The average Bonchev–Trinajstić information content (AvgIpc) is 2.56. The second-order valence-electron chi connectivity index (χ2n) is 5.79. The van der Waals surface area contributed by atoms with E-state index in [0.717, 1.165) is 12.8 Å². The highest BCUT2D eigenvalue weighted by Crippen LogP contribution is 2.21. The minimum Gasteiger partial charge on any atom is -0.354 e. The molecule has 1 saturated carbocycles. The standard InChI is InChI=1S/C16H30N2O2/c1-3-18(14(2)19)13-12-17-16(20)15-10-8-6-4-5-7-9-11-15/h15H,3-13H2,1-2H3,(H,17,20). The molecule has 4 nitrogen and oxygen atoms in total. The molecule has 0 aromatic rings. The molecule has 0 aliphatic heterocycles. The van der Waals surface area contributed by atoms with Gasteiger partial charge in [0.25, 0.3) is 0 Å². The van der Waals surface area contributed by atoms with E-state index in [1.54, 1.807) is 11.8 Å². The van der Waals surface area contributed by atoms with Crippen LogP contribution in [0.2, 0.25) is 0 Å². The third kappa shape index (κ3) is 6.40. The highest BCUT2D eigenvalue weighted by Gasteiger charge is 2.18. The number of likely N-dealkylation sites (N-methyl/N-ethyl adjacent to an activating group) is 1. The molecule has 20 heavy (non-hydrogen) atoms. The summed E-state index contributed by atoms with van der Waals surface area (Å²) in [6.07, 6.45) is 9.55. The Kier molecular flexibility index (Phi) is 8.31. The maximum atomic E-state index is 12.2. The van der Waals surface area contributed by atoms with Crippen LogP contribution in [0.4, 0.5) is 0 Å². The molecule has 2 amide bonds. The molecule has 0 radical (unpaired) electrons. The zero-order valence-electron chi connectivity index (χ0n) is 13.1. The van der Waals surface area contributed by atoms with E-state index in [1.807, 2.05) is 6.92 Å². The molecule has 0 spiro atoms. The quantitative estimate of drug-likeness (QED) is 0.843. The van der Waals surface area contributed by atoms with Gasteiger partial charge in [0.2, 0.25) is 11.8 Å². The molecule has 0 aromatic carbocycles. The molecule has 1 fully saturated rings. The van der Waals surface area contributed by atoms with Crippen LogP contribution in [0.3, 0.4) is 0 Å². The van der Waals surface area contributed by atoms with Crippen LogP contribution < -0.4 is 5.32 Å². The van der Waals surface area contributed by atoms with E-state index in [2.05, 4.69) is 5.32 Å². The summed E-state index contributed by atoms with van der Waals surface area (Å²) in [5, 5.41) is 3.01. The second-order valence-corrected chi connectivity index (χ2v) is 5.79. The Bertz CT molecular complexity index is 295. The topological polar surface area (TPSA) is 49.4 Å². The zero-order valence-corrected chi connectivity index (χ0v) is 13.1. The van der Waals surface area contributed by atoms with E-state index in [1.165, 1.54) is 38.5 Å². The van der Waals surface area contributed by atoms with Crippen molar-refractivity contribution in [3.8, 4) is 0 Å². The SMILES string of the molecule is CCN(CCNC(=O)C1CCCCCCCC1)C(C)=O. The van der Waals surface area contributed by atoms with Crippen molar-refractivity contribution in [1.82, 2.24) is 10.2 Å². The van der Waals surface area contributed by atoms with Gasteiger partial charge in [-0.25, -0.2) is 0 Å². The summed E-state index contributed by atoms with van der Waals surface area (Å²) < 4.78 is 0. The molecule has 0 atom stereocenters. The fourth-order valence-corrected chi connectivity index (χ4v) is 2.89. The summed E-state index contributed by atoms with van der Waals surface area (Å²) >= 11 is 0. The lowest BCUT2D eigenvalue weighted by Gasteiger charge is -2.20. The van der Waals surface area contributed by atoms with Crippen LogP contribution in [0.1, 0.15) is 65.2 Å². The number of nitrogens with one attached hydrogen (secondary N) is 1. The highest BCUT2D eigenvalue weighted by molar-refractivity contribution is 5.78. The van der Waals surface area contributed by atoms with Gasteiger partial charge in [0, 0.05) is 32.5 Å². The van der Waals surface area contributed by atoms with Gasteiger partial charge < -0.3 is 10.2 Å². The molecular formula is C16H30N2O2. The van der Waals surface area contributed by atoms with Crippen molar-refractivity contribution in [3.05, 3.63) is 0 Å². The largest absolute Gasteiger partial charge is 0.354 e. The fraction of sp³-hybridized carbons (Fsp3) is 0.875. The Labute approximate surface area is 123 Å². The number of rotatable bonds is 5. The Morgan fingerprint density at radius 1 is 1.05 bits per heavy atom. The molecule has 1 rings (SSSR count). The first kappa shape index (κ1) is 17.0. The molecule has 4 heteroatoms. The summed E-state index contributed by atoms with van der Waals surface area (Å²) in [5.41, 5.74) is 0. The first-order chi connectivity index (χ1) is 9.65. The fourth-order valence-electron chi connectivity index (χ4n) is 2.89. The van der Waals surface area contributed by atoms with Crippen molar-refractivity contribution in [3.63, 3.8) is 0 Å². The molecule has 0 saturated heterocycles. The van der Waals surface area contributed by atoms with Gasteiger partial charge in [-0.05, 0) is 19.8 Å². The van der Waals surface area contributed by atoms with Gasteiger partial charge in [0.1, 0.15) is 0 Å². The van der Waals surface area contributed by atoms with Crippen molar-refractivity contribution in [2.45, 2.75) is 65.2 Å². The molecule has 1 N–H and O–H groups in total. The predicted molar refractivity (Wildman–Crippen MR) is 81.4 cm³/mol. The van der Waals surface area contributed by atoms with Gasteiger partial charge in [-0.2, -0.15) is 0 Å². The smallest absolute Gasteiger partial charge is 0.223 e. The Morgan fingerprint density at radius 2 is 1.60 bits per heavy atom. The first-order valence-electron chi connectivity index (χ1n) is 8.18. The van der Waals surface area contributed by atoms with Gasteiger partial charge >= 0.3 is 0 Å². The number of hydrogen-bond donors (Lipinski definition) is 1. The molecule has 0 aromatic heterocycles. The molecule has 0 bridgehead atoms. The maximum Gasteiger partial charge on any atom is 0.223 e.